The second-order valence-corrected chi connectivity index (χ2v) is 5.05. The van der Waals surface area contributed by atoms with Gasteiger partial charge in [-0.1, -0.05) is 0 Å². The zero-order chi connectivity index (χ0) is 12.3. The number of piperazine rings is 1. The summed E-state index contributed by atoms with van der Waals surface area (Å²) in [5.74, 6) is 0.637. The molecule has 96 valence electrons. The SMILES string of the molecule is CN1CCN(C(=O)CC2CCCNC2)CC1=O. The number of piperidine rings is 1. The summed E-state index contributed by atoms with van der Waals surface area (Å²) in [5, 5.41) is 3.31. The minimum absolute atomic E-state index is 0.0476. The summed E-state index contributed by atoms with van der Waals surface area (Å²) in [6, 6.07) is 0. The summed E-state index contributed by atoms with van der Waals surface area (Å²) in [7, 11) is 1.79. The highest BCUT2D eigenvalue weighted by Crippen LogP contribution is 2.16. The Bertz CT molecular complexity index is 300. The van der Waals surface area contributed by atoms with E-state index in [1.165, 1.54) is 0 Å². The van der Waals surface area contributed by atoms with E-state index in [1.807, 2.05) is 0 Å². The Morgan fingerprint density at radius 1 is 1.47 bits per heavy atom. The number of hydrogen-bond acceptors (Lipinski definition) is 3. The fraction of sp³-hybridized carbons (Fsp3) is 0.833. The Morgan fingerprint density at radius 2 is 2.29 bits per heavy atom. The van der Waals surface area contributed by atoms with Gasteiger partial charge in [-0.25, -0.2) is 0 Å². The summed E-state index contributed by atoms with van der Waals surface area (Å²) in [5.41, 5.74) is 0. The number of nitrogens with zero attached hydrogens (tertiary/aromatic N) is 2. The highest BCUT2D eigenvalue weighted by atomic mass is 16.2. The normalized spacial score (nSPS) is 26.2. The van der Waals surface area contributed by atoms with Crippen molar-refractivity contribution >= 4 is 11.8 Å². The van der Waals surface area contributed by atoms with Crippen LogP contribution >= 0.6 is 0 Å². The van der Waals surface area contributed by atoms with Crippen LogP contribution in [0.25, 0.3) is 0 Å². The molecule has 2 fully saturated rings. The van der Waals surface area contributed by atoms with E-state index in [0.717, 1.165) is 25.9 Å². The van der Waals surface area contributed by atoms with Crippen LogP contribution in [0.5, 0.6) is 0 Å². The molecule has 17 heavy (non-hydrogen) atoms. The fourth-order valence-corrected chi connectivity index (χ4v) is 2.45. The van der Waals surface area contributed by atoms with Crippen LogP contribution in [0.4, 0.5) is 0 Å². The molecule has 0 spiro atoms. The second-order valence-electron chi connectivity index (χ2n) is 5.05. The Kier molecular flexibility index (Phi) is 3.99. The van der Waals surface area contributed by atoms with E-state index in [2.05, 4.69) is 5.32 Å². The lowest BCUT2D eigenvalue weighted by Crippen LogP contribution is -2.51. The number of likely N-dealkylation sites (N-methyl/N-ethyl adjacent to an activating group) is 1. The van der Waals surface area contributed by atoms with Crippen LogP contribution in [-0.2, 0) is 9.59 Å². The molecule has 5 nitrogen and oxygen atoms in total. The largest absolute Gasteiger partial charge is 0.342 e. The summed E-state index contributed by atoms with van der Waals surface area (Å²) in [4.78, 5) is 27.0. The number of rotatable bonds is 2. The molecular weight excluding hydrogens is 218 g/mol. The second kappa shape index (κ2) is 5.49. The summed E-state index contributed by atoms with van der Waals surface area (Å²) >= 11 is 0. The molecule has 0 aliphatic carbocycles. The van der Waals surface area contributed by atoms with E-state index in [9.17, 15) is 9.59 Å². The number of hydrogen-bond donors (Lipinski definition) is 1. The first-order chi connectivity index (χ1) is 8.16. The summed E-state index contributed by atoms with van der Waals surface area (Å²) in [6.45, 7) is 3.61. The maximum Gasteiger partial charge on any atom is 0.241 e. The topological polar surface area (TPSA) is 52.6 Å². The van der Waals surface area contributed by atoms with Crippen molar-refractivity contribution in [2.45, 2.75) is 19.3 Å². The van der Waals surface area contributed by atoms with Gasteiger partial charge in [0, 0.05) is 26.6 Å². The van der Waals surface area contributed by atoms with E-state index in [0.29, 0.717) is 25.4 Å². The maximum absolute atomic E-state index is 12.0. The number of carbonyl (C=O) groups excluding carboxylic acids is 2. The quantitative estimate of drug-likeness (QED) is 0.718. The third-order valence-electron chi connectivity index (χ3n) is 3.67. The standard InChI is InChI=1S/C12H21N3O2/c1-14-5-6-15(9-12(14)17)11(16)7-10-3-2-4-13-8-10/h10,13H,2-9H2,1H3. The molecule has 1 unspecified atom stereocenters. The molecule has 0 aromatic heterocycles. The smallest absolute Gasteiger partial charge is 0.241 e. The lowest BCUT2D eigenvalue weighted by molar-refractivity contribution is -0.144. The molecule has 2 aliphatic heterocycles. The van der Waals surface area contributed by atoms with Gasteiger partial charge in [-0.15, -0.1) is 0 Å². The molecule has 0 aromatic rings. The monoisotopic (exact) mass is 239 g/mol. The third kappa shape index (κ3) is 3.19. The van der Waals surface area contributed by atoms with Gasteiger partial charge in [0.1, 0.15) is 0 Å². The summed E-state index contributed by atoms with van der Waals surface area (Å²) < 4.78 is 0. The average Bonchev–Trinajstić information content (AvgIpc) is 2.34. The molecule has 0 saturated carbocycles. The van der Waals surface area contributed by atoms with Gasteiger partial charge >= 0.3 is 0 Å². The molecule has 5 heteroatoms. The van der Waals surface area contributed by atoms with Crippen molar-refractivity contribution in [3.05, 3.63) is 0 Å². The van der Waals surface area contributed by atoms with E-state index in [1.54, 1.807) is 16.8 Å². The van der Waals surface area contributed by atoms with E-state index in [-0.39, 0.29) is 18.4 Å². The number of carbonyl (C=O) groups is 2. The van der Waals surface area contributed by atoms with Gasteiger partial charge in [-0.05, 0) is 31.8 Å². The molecule has 2 saturated heterocycles. The van der Waals surface area contributed by atoms with Crippen molar-refractivity contribution in [3.63, 3.8) is 0 Å². The van der Waals surface area contributed by atoms with Crippen LogP contribution in [-0.4, -0.2) is 61.4 Å². The van der Waals surface area contributed by atoms with Gasteiger partial charge < -0.3 is 15.1 Å². The maximum atomic E-state index is 12.0. The van der Waals surface area contributed by atoms with Gasteiger partial charge in [-0.3, -0.25) is 9.59 Å². The van der Waals surface area contributed by atoms with Crippen LogP contribution in [0.1, 0.15) is 19.3 Å². The van der Waals surface area contributed by atoms with Gasteiger partial charge in [-0.2, -0.15) is 0 Å². The highest BCUT2D eigenvalue weighted by Gasteiger charge is 2.26. The molecule has 0 radical (unpaired) electrons. The fourth-order valence-electron chi connectivity index (χ4n) is 2.45. The molecule has 2 amide bonds. The van der Waals surface area contributed by atoms with Gasteiger partial charge in [0.15, 0.2) is 0 Å². The Hall–Kier alpha value is -1.10. The van der Waals surface area contributed by atoms with Gasteiger partial charge in [0.25, 0.3) is 0 Å². The van der Waals surface area contributed by atoms with Crippen molar-refractivity contribution in [2.24, 2.45) is 5.92 Å². The molecule has 0 aromatic carbocycles. The van der Waals surface area contributed by atoms with Crippen LogP contribution in [0.15, 0.2) is 0 Å². The molecule has 1 atom stereocenters. The van der Waals surface area contributed by atoms with Crippen LogP contribution in [0.2, 0.25) is 0 Å². The first-order valence-corrected chi connectivity index (χ1v) is 6.39. The van der Waals surface area contributed by atoms with Gasteiger partial charge in [0.2, 0.25) is 11.8 Å². The highest BCUT2D eigenvalue weighted by molar-refractivity contribution is 5.85. The van der Waals surface area contributed by atoms with E-state index < -0.39 is 0 Å². The molecule has 2 aliphatic rings. The number of amides is 2. The van der Waals surface area contributed by atoms with E-state index in [4.69, 9.17) is 0 Å². The van der Waals surface area contributed by atoms with Crippen LogP contribution in [0, 0.1) is 5.92 Å². The van der Waals surface area contributed by atoms with Crippen molar-refractivity contribution in [3.8, 4) is 0 Å². The first kappa shape index (κ1) is 12.4. The van der Waals surface area contributed by atoms with Crippen molar-refractivity contribution in [2.75, 3.05) is 39.8 Å². The Balaban J connectivity index is 1.81. The lowest BCUT2D eigenvalue weighted by Gasteiger charge is -2.33. The minimum Gasteiger partial charge on any atom is -0.342 e. The third-order valence-corrected chi connectivity index (χ3v) is 3.67. The predicted molar refractivity (Wildman–Crippen MR) is 64.4 cm³/mol. The van der Waals surface area contributed by atoms with Gasteiger partial charge in [0.05, 0.1) is 6.54 Å². The van der Waals surface area contributed by atoms with Crippen molar-refractivity contribution in [1.82, 2.24) is 15.1 Å². The molecule has 2 heterocycles. The summed E-state index contributed by atoms with van der Waals surface area (Å²) in [6.07, 6.45) is 2.87. The average molecular weight is 239 g/mol. The molecular formula is C12H21N3O2. The van der Waals surface area contributed by atoms with Crippen LogP contribution in [0.3, 0.4) is 0 Å². The Morgan fingerprint density at radius 3 is 2.94 bits per heavy atom. The van der Waals surface area contributed by atoms with Crippen molar-refractivity contribution < 1.29 is 9.59 Å². The number of nitrogens with one attached hydrogen (secondary N) is 1. The zero-order valence-corrected chi connectivity index (χ0v) is 10.4. The molecule has 2 rings (SSSR count). The molecule has 0 bridgehead atoms. The van der Waals surface area contributed by atoms with Crippen molar-refractivity contribution in [1.29, 1.82) is 0 Å². The zero-order valence-electron chi connectivity index (χ0n) is 10.4. The predicted octanol–water partition coefficient (Wildman–Crippen LogP) is -0.323. The minimum atomic E-state index is 0.0476. The van der Waals surface area contributed by atoms with E-state index >= 15 is 0 Å². The molecule has 1 N–H and O–H groups in total. The Labute approximate surface area is 102 Å². The van der Waals surface area contributed by atoms with Crippen LogP contribution < -0.4 is 5.32 Å². The first-order valence-electron chi connectivity index (χ1n) is 6.39. The lowest BCUT2D eigenvalue weighted by atomic mass is 9.95.